The maximum Gasteiger partial charge on any atom is 0.152 e. The number of carbonyl (C=O) groups excluding carboxylic acids is 1. The fourth-order valence-corrected chi connectivity index (χ4v) is 2.95. The second-order valence-electron chi connectivity index (χ2n) is 5.62. The van der Waals surface area contributed by atoms with E-state index in [0.717, 1.165) is 6.54 Å². The van der Waals surface area contributed by atoms with Crippen molar-refractivity contribution < 1.29 is 4.79 Å². The van der Waals surface area contributed by atoms with E-state index >= 15 is 0 Å². The molecular formula is C16H23NO. The van der Waals surface area contributed by atoms with E-state index in [4.69, 9.17) is 0 Å². The largest absolute Gasteiger partial charge is 0.298 e. The molecule has 98 valence electrons. The summed E-state index contributed by atoms with van der Waals surface area (Å²) >= 11 is 0. The maximum atomic E-state index is 12.2. The minimum atomic E-state index is 0.0337. The number of Topliss-reactive ketones (excluding diaryl/α,β-unsaturated/α-hetero) is 1. The number of hydrogen-bond acceptors (Lipinski definition) is 2. The summed E-state index contributed by atoms with van der Waals surface area (Å²) in [7, 11) is 0. The van der Waals surface area contributed by atoms with Crippen molar-refractivity contribution >= 4 is 5.78 Å². The SMILES string of the molecule is C[C@H]1[C@@H](C)N(Cc2ccccc2)[C@@H](C)C(=O)[C@@H]1C. The van der Waals surface area contributed by atoms with Crippen molar-refractivity contribution in [1.82, 2.24) is 4.90 Å². The molecule has 0 N–H and O–H groups in total. The molecule has 2 nitrogen and oxygen atoms in total. The first kappa shape index (κ1) is 13.3. The van der Waals surface area contributed by atoms with Gasteiger partial charge in [0.05, 0.1) is 6.04 Å². The monoisotopic (exact) mass is 245 g/mol. The second-order valence-corrected chi connectivity index (χ2v) is 5.62. The molecule has 2 rings (SSSR count). The molecule has 1 aliphatic heterocycles. The Morgan fingerprint density at radius 3 is 2.28 bits per heavy atom. The Kier molecular flexibility index (Phi) is 3.86. The molecule has 0 aromatic heterocycles. The molecule has 0 bridgehead atoms. The van der Waals surface area contributed by atoms with Crippen molar-refractivity contribution in [3.8, 4) is 0 Å². The molecule has 0 unspecified atom stereocenters. The van der Waals surface area contributed by atoms with Gasteiger partial charge in [0.15, 0.2) is 5.78 Å². The van der Waals surface area contributed by atoms with E-state index in [9.17, 15) is 4.79 Å². The van der Waals surface area contributed by atoms with Crippen molar-refractivity contribution in [1.29, 1.82) is 0 Å². The summed E-state index contributed by atoms with van der Waals surface area (Å²) in [6.45, 7) is 9.42. The Hall–Kier alpha value is -1.15. The third-order valence-corrected chi connectivity index (χ3v) is 4.64. The van der Waals surface area contributed by atoms with Crippen LogP contribution < -0.4 is 0 Å². The Balaban J connectivity index is 2.18. The highest BCUT2D eigenvalue weighted by molar-refractivity contribution is 5.86. The van der Waals surface area contributed by atoms with E-state index in [-0.39, 0.29) is 12.0 Å². The van der Waals surface area contributed by atoms with Crippen LogP contribution in [-0.4, -0.2) is 22.8 Å². The lowest BCUT2D eigenvalue weighted by atomic mass is 9.78. The van der Waals surface area contributed by atoms with Gasteiger partial charge in [-0.05, 0) is 25.3 Å². The molecule has 1 saturated heterocycles. The van der Waals surface area contributed by atoms with Gasteiger partial charge in [-0.25, -0.2) is 0 Å². The van der Waals surface area contributed by atoms with Gasteiger partial charge in [0, 0.05) is 18.5 Å². The number of carbonyl (C=O) groups is 1. The van der Waals surface area contributed by atoms with Gasteiger partial charge in [0.2, 0.25) is 0 Å². The Morgan fingerprint density at radius 1 is 1.06 bits per heavy atom. The summed E-state index contributed by atoms with van der Waals surface area (Å²) in [5.41, 5.74) is 1.28. The lowest BCUT2D eigenvalue weighted by molar-refractivity contribution is -0.136. The van der Waals surface area contributed by atoms with E-state index in [1.54, 1.807) is 0 Å². The molecule has 0 amide bonds. The number of ketones is 1. The molecule has 1 heterocycles. The van der Waals surface area contributed by atoms with E-state index in [1.807, 2.05) is 13.0 Å². The number of hydrogen-bond donors (Lipinski definition) is 0. The lowest BCUT2D eigenvalue weighted by Crippen LogP contribution is -2.55. The highest BCUT2D eigenvalue weighted by Crippen LogP contribution is 2.31. The smallest absolute Gasteiger partial charge is 0.152 e. The number of likely N-dealkylation sites (tertiary alicyclic amines) is 1. The van der Waals surface area contributed by atoms with Crippen molar-refractivity contribution in [3.63, 3.8) is 0 Å². The van der Waals surface area contributed by atoms with Crippen LogP contribution in [-0.2, 0) is 11.3 Å². The number of nitrogens with zero attached hydrogens (tertiary/aromatic N) is 1. The molecule has 4 atom stereocenters. The van der Waals surface area contributed by atoms with Gasteiger partial charge in [-0.1, -0.05) is 44.2 Å². The molecule has 1 aromatic rings. The molecule has 0 saturated carbocycles. The summed E-state index contributed by atoms with van der Waals surface area (Å²) < 4.78 is 0. The molecular weight excluding hydrogens is 222 g/mol. The standard InChI is InChI=1S/C16H23NO/c1-11-12(2)16(18)14(4)17(13(11)3)10-15-8-6-5-7-9-15/h5-9,11-14H,10H2,1-4H3/t11-,12-,13-,14+/m1/s1. The van der Waals surface area contributed by atoms with Crippen LogP contribution in [0.15, 0.2) is 30.3 Å². The van der Waals surface area contributed by atoms with Crippen LogP contribution in [0.4, 0.5) is 0 Å². The predicted octanol–water partition coefficient (Wildman–Crippen LogP) is 3.12. The van der Waals surface area contributed by atoms with E-state index in [0.29, 0.717) is 17.7 Å². The first-order valence-electron chi connectivity index (χ1n) is 6.85. The molecule has 0 radical (unpaired) electrons. The summed E-state index contributed by atoms with van der Waals surface area (Å²) in [4.78, 5) is 14.6. The van der Waals surface area contributed by atoms with Gasteiger partial charge in [0.25, 0.3) is 0 Å². The molecule has 1 aliphatic rings. The summed E-state index contributed by atoms with van der Waals surface area (Å²) in [6.07, 6.45) is 0. The van der Waals surface area contributed by atoms with Gasteiger partial charge in [0.1, 0.15) is 0 Å². The number of benzene rings is 1. The van der Waals surface area contributed by atoms with E-state index < -0.39 is 0 Å². The van der Waals surface area contributed by atoms with Crippen molar-refractivity contribution in [2.45, 2.75) is 46.3 Å². The van der Waals surface area contributed by atoms with Crippen LogP contribution in [0, 0.1) is 11.8 Å². The Labute approximate surface area is 110 Å². The molecule has 0 aliphatic carbocycles. The molecule has 18 heavy (non-hydrogen) atoms. The van der Waals surface area contributed by atoms with Gasteiger partial charge >= 0.3 is 0 Å². The molecule has 1 fully saturated rings. The highest BCUT2D eigenvalue weighted by atomic mass is 16.1. The normalized spacial score (nSPS) is 33.7. The van der Waals surface area contributed by atoms with Crippen LogP contribution in [0.5, 0.6) is 0 Å². The van der Waals surface area contributed by atoms with Crippen LogP contribution in [0.1, 0.15) is 33.3 Å². The zero-order chi connectivity index (χ0) is 13.3. The molecule has 0 spiro atoms. The highest BCUT2D eigenvalue weighted by Gasteiger charge is 2.40. The lowest BCUT2D eigenvalue weighted by Gasteiger charge is -2.44. The molecule has 1 aromatic carbocycles. The summed E-state index contributed by atoms with van der Waals surface area (Å²) in [5.74, 6) is 0.996. The molecule has 2 heteroatoms. The quantitative estimate of drug-likeness (QED) is 0.798. The predicted molar refractivity (Wildman–Crippen MR) is 74.2 cm³/mol. The van der Waals surface area contributed by atoms with Gasteiger partial charge in [-0.2, -0.15) is 0 Å². The number of rotatable bonds is 2. The topological polar surface area (TPSA) is 20.3 Å². The van der Waals surface area contributed by atoms with Crippen LogP contribution >= 0.6 is 0 Å². The Morgan fingerprint density at radius 2 is 1.67 bits per heavy atom. The van der Waals surface area contributed by atoms with Crippen LogP contribution in [0.2, 0.25) is 0 Å². The fraction of sp³-hybridized carbons (Fsp3) is 0.562. The van der Waals surface area contributed by atoms with Crippen LogP contribution in [0.3, 0.4) is 0 Å². The Bertz CT molecular complexity index is 414. The zero-order valence-electron chi connectivity index (χ0n) is 11.8. The zero-order valence-corrected chi connectivity index (χ0v) is 11.8. The maximum absolute atomic E-state index is 12.2. The van der Waals surface area contributed by atoms with E-state index in [1.165, 1.54) is 5.56 Å². The van der Waals surface area contributed by atoms with Crippen molar-refractivity contribution in [2.24, 2.45) is 11.8 Å². The minimum absolute atomic E-state index is 0.0337. The average molecular weight is 245 g/mol. The third kappa shape index (κ3) is 2.35. The van der Waals surface area contributed by atoms with Crippen molar-refractivity contribution in [2.75, 3.05) is 0 Å². The first-order valence-corrected chi connectivity index (χ1v) is 6.85. The van der Waals surface area contributed by atoms with Crippen molar-refractivity contribution in [3.05, 3.63) is 35.9 Å². The summed E-state index contributed by atoms with van der Waals surface area (Å²) in [5, 5.41) is 0. The fourth-order valence-electron chi connectivity index (χ4n) is 2.95. The van der Waals surface area contributed by atoms with Gasteiger partial charge in [-0.3, -0.25) is 9.69 Å². The average Bonchev–Trinajstić information content (AvgIpc) is 2.40. The van der Waals surface area contributed by atoms with Crippen LogP contribution in [0.25, 0.3) is 0 Å². The summed E-state index contributed by atoms with van der Waals surface area (Å²) in [6, 6.07) is 10.9. The third-order valence-electron chi connectivity index (χ3n) is 4.64. The van der Waals surface area contributed by atoms with Gasteiger partial charge < -0.3 is 0 Å². The van der Waals surface area contributed by atoms with E-state index in [2.05, 4.69) is 49.9 Å². The first-order chi connectivity index (χ1) is 8.52. The number of piperidine rings is 1. The van der Waals surface area contributed by atoms with Gasteiger partial charge in [-0.15, -0.1) is 0 Å². The second kappa shape index (κ2) is 5.23. The minimum Gasteiger partial charge on any atom is -0.298 e.